The summed E-state index contributed by atoms with van der Waals surface area (Å²) in [5.41, 5.74) is 1.28. The van der Waals surface area contributed by atoms with Crippen LogP contribution in [-0.4, -0.2) is 60.9 Å². The predicted octanol–water partition coefficient (Wildman–Crippen LogP) is 3.76. The zero-order valence-corrected chi connectivity index (χ0v) is 20.5. The molecule has 2 aliphatic rings. The second-order valence-corrected chi connectivity index (χ2v) is 9.60. The van der Waals surface area contributed by atoms with Gasteiger partial charge in [-0.05, 0) is 42.6 Å². The first-order valence-electron chi connectivity index (χ1n) is 11.9. The van der Waals surface area contributed by atoms with Gasteiger partial charge in [0.2, 0.25) is 5.95 Å². The standard InChI is InChI=1S/C25H35N7S/c1-4-10-26-25(33)29-24-27-22(16-23(28-24)32-17-19(2)15-20(3)18-32)31-13-11-30(12-14-31)21-8-6-5-7-9-21/h4-9,16,19-20H,1,10-15,17-18H2,2-3H3,(H2,26,27,28,29,33)/t19-,20+. The molecule has 0 saturated carbocycles. The van der Waals surface area contributed by atoms with Gasteiger partial charge in [-0.25, -0.2) is 0 Å². The first-order valence-corrected chi connectivity index (χ1v) is 12.3. The Kier molecular flexibility index (Phi) is 7.65. The van der Waals surface area contributed by atoms with E-state index in [-0.39, 0.29) is 0 Å². The van der Waals surface area contributed by atoms with Crippen LogP contribution in [-0.2, 0) is 0 Å². The Balaban J connectivity index is 1.54. The van der Waals surface area contributed by atoms with Gasteiger partial charge < -0.3 is 25.3 Å². The highest BCUT2D eigenvalue weighted by Gasteiger charge is 2.25. The van der Waals surface area contributed by atoms with Crippen LogP contribution in [0.25, 0.3) is 0 Å². The van der Waals surface area contributed by atoms with Crippen LogP contribution in [0.5, 0.6) is 0 Å². The lowest BCUT2D eigenvalue weighted by atomic mass is 9.92. The van der Waals surface area contributed by atoms with Crippen LogP contribution in [0.3, 0.4) is 0 Å². The molecule has 8 heteroatoms. The quantitative estimate of drug-likeness (QED) is 0.494. The number of piperidine rings is 1. The summed E-state index contributed by atoms with van der Waals surface area (Å²) in [6.45, 7) is 14.8. The van der Waals surface area contributed by atoms with Gasteiger partial charge in [-0.15, -0.1) is 6.58 Å². The third-order valence-electron chi connectivity index (χ3n) is 6.25. The van der Waals surface area contributed by atoms with Gasteiger partial charge in [-0.3, -0.25) is 0 Å². The van der Waals surface area contributed by atoms with Crippen LogP contribution in [0.2, 0.25) is 0 Å². The number of rotatable bonds is 6. The van der Waals surface area contributed by atoms with Gasteiger partial charge in [0, 0.05) is 57.6 Å². The number of nitrogens with zero attached hydrogens (tertiary/aromatic N) is 5. The minimum Gasteiger partial charge on any atom is -0.368 e. The minimum atomic E-state index is 0.507. The van der Waals surface area contributed by atoms with E-state index >= 15 is 0 Å². The van der Waals surface area contributed by atoms with Gasteiger partial charge in [0.15, 0.2) is 5.11 Å². The number of hydrogen-bond acceptors (Lipinski definition) is 6. The van der Waals surface area contributed by atoms with Gasteiger partial charge in [0.25, 0.3) is 0 Å². The molecule has 4 rings (SSSR count). The number of benzene rings is 1. The summed E-state index contributed by atoms with van der Waals surface area (Å²) in [6.07, 6.45) is 3.04. The maximum Gasteiger partial charge on any atom is 0.232 e. The lowest BCUT2D eigenvalue weighted by Crippen LogP contribution is -2.47. The number of anilines is 4. The normalized spacial score (nSPS) is 21.0. The number of hydrogen-bond donors (Lipinski definition) is 2. The van der Waals surface area contributed by atoms with Crippen molar-refractivity contribution in [2.45, 2.75) is 20.3 Å². The first-order chi connectivity index (χ1) is 16.0. The number of para-hydroxylation sites is 1. The van der Waals surface area contributed by atoms with Crippen molar-refractivity contribution in [3.05, 3.63) is 49.1 Å². The van der Waals surface area contributed by atoms with Crippen LogP contribution >= 0.6 is 12.2 Å². The lowest BCUT2D eigenvalue weighted by molar-refractivity contribution is 0.355. The Bertz CT molecular complexity index is 933. The molecule has 3 heterocycles. The average Bonchev–Trinajstić information content (AvgIpc) is 2.82. The van der Waals surface area contributed by atoms with E-state index in [0.29, 0.717) is 29.4 Å². The van der Waals surface area contributed by atoms with E-state index in [1.54, 1.807) is 6.08 Å². The summed E-state index contributed by atoms with van der Waals surface area (Å²) in [5, 5.41) is 6.79. The summed E-state index contributed by atoms with van der Waals surface area (Å²) in [7, 11) is 0. The Labute approximate surface area is 202 Å². The highest BCUT2D eigenvalue weighted by Crippen LogP contribution is 2.29. The number of thiocarbonyl (C=S) groups is 1. The van der Waals surface area contributed by atoms with E-state index in [4.69, 9.17) is 22.2 Å². The molecule has 2 saturated heterocycles. The smallest absolute Gasteiger partial charge is 0.232 e. The highest BCUT2D eigenvalue weighted by atomic mass is 32.1. The molecule has 0 unspecified atom stereocenters. The highest BCUT2D eigenvalue weighted by molar-refractivity contribution is 7.80. The van der Waals surface area contributed by atoms with Gasteiger partial charge in [0.05, 0.1) is 0 Å². The minimum absolute atomic E-state index is 0.507. The van der Waals surface area contributed by atoms with Crippen molar-refractivity contribution >= 4 is 40.6 Å². The molecule has 2 atom stereocenters. The first kappa shape index (κ1) is 23.3. The molecule has 0 aliphatic carbocycles. The molecule has 1 aromatic carbocycles. The number of aromatic nitrogens is 2. The molecule has 0 bridgehead atoms. The van der Waals surface area contributed by atoms with E-state index in [1.165, 1.54) is 12.1 Å². The van der Waals surface area contributed by atoms with Crippen molar-refractivity contribution in [2.24, 2.45) is 11.8 Å². The van der Waals surface area contributed by atoms with Crippen molar-refractivity contribution in [1.29, 1.82) is 0 Å². The Morgan fingerprint density at radius 3 is 2.24 bits per heavy atom. The van der Waals surface area contributed by atoms with Crippen molar-refractivity contribution in [3.63, 3.8) is 0 Å². The Morgan fingerprint density at radius 1 is 1.00 bits per heavy atom. The molecule has 2 N–H and O–H groups in total. The predicted molar refractivity (Wildman–Crippen MR) is 142 cm³/mol. The van der Waals surface area contributed by atoms with Gasteiger partial charge in [-0.1, -0.05) is 38.1 Å². The average molecular weight is 466 g/mol. The summed E-state index contributed by atoms with van der Waals surface area (Å²) in [6, 6.07) is 12.8. The van der Waals surface area contributed by atoms with E-state index in [2.05, 4.69) is 82.2 Å². The van der Waals surface area contributed by atoms with E-state index < -0.39 is 0 Å². The fourth-order valence-corrected chi connectivity index (χ4v) is 4.97. The molecular formula is C25H35N7S. The van der Waals surface area contributed by atoms with Crippen molar-refractivity contribution < 1.29 is 0 Å². The third kappa shape index (κ3) is 6.13. The molecule has 1 aromatic heterocycles. The summed E-state index contributed by atoms with van der Waals surface area (Å²) < 4.78 is 0. The zero-order valence-electron chi connectivity index (χ0n) is 19.7. The van der Waals surface area contributed by atoms with Gasteiger partial charge in [0.1, 0.15) is 11.6 Å². The second kappa shape index (κ2) is 10.8. The van der Waals surface area contributed by atoms with Crippen molar-refractivity contribution in [1.82, 2.24) is 15.3 Å². The SMILES string of the molecule is C=CCNC(=S)Nc1nc(N2CCN(c3ccccc3)CC2)cc(N2C[C@H](C)C[C@H](C)C2)n1. The fourth-order valence-electron chi connectivity index (χ4n) is 4.80. The lowest BCUT2D eigenvalue weighted by Gasteiger charge is -2.38. The largest absolute Gasteiger partial charge is 0.368 e. The Hall–Kier alpha value is -2.87. The summed E-state index contributed by atoms with van der Waals surface area (Å²) >= 11 is 5.42. The molecular weight excluding hydrogens is 430 g/mol. The second-order valence-electron chi connectivity index (χ2n) is 9.19. The maximum absolute atomic E-state index is 5.42. The van der Waals surface area contributed by atoms with E-state index in [0.717, 1.165) is 50.9 Å². The zero-order chi connectivity index (χ0) is 23.2. The summed E-state index contributed by atoms with van der Waals surface area (Å²) in [5.74, 6) is 3.76. The molecule has 0 amide bonds. The number of piperazine rings is 1. The Morgan fingerprint density at radius 2 is 1.61 bits per heavy atom. The van der Waals surface area contributed by atoms with Crippen LogP contribution < -0.4 is 25.3 Å². The van der Waals surface area contributed by atoms with Crippen LogP contribution in [0.15, 0.2) is 49.1 Å². The molecule has 2 aromatic rings. The van der Waals surface area contributed by atoms with Gasteiger partial charge >= 0.3 is 0 Å². The molecule has 2 fully saturated rings. The molecule has 33 heavy (non-hydrogen) atoms. The molecule has 0 radical (unpaired) electrons. The summed E-state index contributed by atoms with van der Waals surface area (Å²) in [4.78, 5) is 16.9. The van der Waals surface area contributed by atoms with Crippen LogP contribution in [0, 0.1) is 11.8 Å². The van der Waals surface area contributed by atoms with E-state index in [9.17, 15) is 0 Å². The third-order valence-corrected chi connectivity index (χ3v) is 6.50. The van der Waals surface area contributed by atoms with Crippen molar-refractivity contribution in [2.75, 3.05) is 65.8 Å². The maximum atomic E-state index is 5.42. The van der Waals surface area contributed by atoms with Crippen molar-refractivity contribution in [3.8, 4) is 0 Å². The molecule has 176 valence electrons. The van der Waals surface area contributed by atoms with Crippen LogP contribution in [0.1, 0.15) is 20.3 Å². The molecule has 2 aliphatic heterocycles. The monoisotopic (exact) mass is 465 g/mol. The van der Waals surface area contributed by atoms with E-state index in [1.807, 2.05) is 0 Å². The topological polar surface area (TPSA) is 59.6 Å². The number of nitrogens with one attached hydrogen (secondary N) is 2. The van der Waals surface area contributed by atoms with Crippen LogP contribution in [0.4, 0.5) is 23.3 Å². The molecule has 7 nitrogen and oxygen atoms in total. The fraction of sp³-hybridized carbons (Fsp3) is 0.480. The molecule has 0 spiro atoms. The van der Waals surface area contributed by atoms with Gasteiger partial charge in [-0.2, -0.15) is 9.97 Å².